The Hall–Kier alpha value is -1.77. The van der Waals surface area contributed by atoms with E-state index in [2.05, 4.69) is 0 Å². The Balaban J connectivity index is 2.14. The van der Waals surface area contributed by atoms with E-state index in [-0.39, 0.29) is 5.63 Å². The molecule has 3 rings (SSSR count). The zero-order chi connectivity index (χ0) is 15.0. The second kappa shape index (κ2) is 5.55. The van der Waals surface area contributed by atoms with Crippen LogP contribution in [-0.2, 0) is 6.42 Å². The van der Waals surface area contributed by atoms with Crippen molar-refractivity contribution in [3.05, 3.63) is 79.6 Å². The number of halogens is 2. The molecule has 0 N–H and O–H groups in total. The van der Waals surface area contributed by atoms with Crippen molar-refractivity contribution in [2.45, 2.75) is 13.3 Å². The molecular weight excluding hydrogens is 307 g/mol. The highest BCUT2D eigenvalue weighted by atomic mass is 35.5. The molecule has 1 heterocycles. The zero-order valence-electron chi connectivity index (χ0n) is 11.3. The minimum absolute atomic E-state index is 0.317. The van der Waals surface area contributed by atoms with Crippen LogP contribution in [0.2, 0.25) is 10.0 Å². The van der Waals surface area contributed by atoms with Gasteiger partial charge >= 0.3 is 5.63 Å². The summed E-state index contributed by atoms with van der Waals surface area (Å²) in [7, 11) is 0. The topological polar surface area (TPSA) is 30.2 Å². The molecule has 0 fully saturated rings. The van der Waals surface area contributed by atoms with Gasteiger partial charge in [-0.25, -0.2) is 4.79 Å². The van der Waals surface area contributed by atoms with Gasteiger partial charge in [0.1, 0.15) is 5.58 Å². The number of fused-ring (bicyclic) bond motifs is 1. The van der Waals surface area contributed by atoms with Crippen molar-refractivity contribution in [2.75, 3.05) is 0 Å². The van der Waals surface area contributed by atoms with Crippen LogP contribution in [0.4, 0.5) is 0 Å². The maximum atomic E-state index is 12.2. The normalized spacial score (nSPS) is 11.0. The Morgan fingerprint density at radius 2 is 1.71 bits per heavy atom. The lowest BCUT2D eigenvalue weighted by atomic mass is 10.00. The van der Waals surface area contributed by atoms with Gasteiger partial charge in [-0.3, -0.25) is 0 Å². The standard InChI is InChI=1S/C17H12Cl2O2/c1-10-14-4-2-3-5-16(14)21-17(20)15(10)8-11-6-12(18)9-13(19)7-11/h2-7,9H,8H2,1H3. The number of hydrogen-bond acceptors (Lipinski definition) is 2. The second-order valence-corrected chi connectivity index (χ2v) is 5.82. The molecule has 2 nitrogen and oxygen atoms in total. The van der Waals surface area contributed by atoms with Crippen LogP contribution in [0.5, 0.6) is 0 Å². The molecule has 0 atom stereocenters. The molecule has 21 heavy (non-hydrogen) atoms. The molecule has 3 aromatic rings. The largest absolute Gasteiger partial charge is 0.423 e. The molecule has 106 valence electrons. The van der Waals surface area contributed by atoms with E-state index in [9.17, 15) is 4.79 Å². The van der Waals surface area contributed by atoms with Gasteiger partial charge in [0.15, 0.2) is 0 Å². The van der Waals surface area contributed by atoms with Gasteiger partial charge in [-0.05, 0) is 42.3 Å². The van der Waals surface area contributed by atoms with E-state index in [1.807, 2.05) is 37.3 Å². The molecule has 2 aromatic carbocycles. The maximum absolute atomic E-state index is 12.2. The molecular formula is C17H12Cl2O2. The Morgan fingerprint density at radius 1 is 1.05 bits per heavy atom. The molecule has 0 saturated heterocycles. The Bertz CT molecular complexity index is 861. The summed E-state index contributed by atoms with van der Waals surface area (Å²) in [6, 6.07) is 12.8. The van der Waals surface area contributed by atoms with Crippen molar-refractivity contribution in [2.24, 2.45) is 0 Å². The van der Waals surface area contributed by atoms with Crippen LogP contribution in [0, 0.1) is 6.92 Å². The van der Waals surface area contributed by atoms with Gasteiger partial charge in [-0.15, -0.1) is 0 Å². The first-order valence-electron chi connectivity index (χ1n) is 6.51. The van der Waals surface area contributed by atoms with E-state index in [0.29, 0.717) is 27.6 Å². The highest BCUT2D eigenvalue weighted by Crippen LogP contribution is 2.24. The molecule has 0 spiro atoms. The summed E-state index contributed by atoms with van der Waals surface area (Å²) in [4.78, 5) is 12.2. The fourth-order valence-corrected chi connectivity index (χ4v) is 3.04. The monoisotopic (exact) mass is 318 g/mol. The van der Waals surface area contributed by atoms with Crippen LogP contribution in [-0.4, -0.2) is 0 Å². The molecule has 0 aliphatic heterocycles. The fourth-order valence-electron chi connectivity index (χ4n) is 2.46. The lowest BCUT2D eigenvalue weighted by molar-refractivity contribution is 0.551. The molecule has 0 bridgehead atoms. The smallest absolute Gasteiger partial charge is 0.340 e. The van der Waals surface area contributed by atoms with Crippen molar-refractivity contribution in [3.63, 3.8) is 0 Å². The lowest BCUT2D eigenvalue weighted by Gasteiger charge is -2.08. The molecule has 0 aliphatic rings. The predicted octanol–water partition coefficient (Wildman–Crippen LogP) is 5.00. The van der Waals surface area contributed by atoms with Crippen LogP contribution >= 0.6 is 23.2 Å². The van der Waals surface area contributed by atoms with E-state index in [0.717, 1.165) is 16.5 Å². The molecule has 0 radical (unpaired) electrons. The quantitative estimate of drug-likeness (QED) is 0.622. The number of rotatable bonds is 2. The first-order valence-corrected chi connectivity index (χ1v) is 7.26. The number of hydrogen-bond donors (Lipinski definition) is 0. The summed E-state index contributed by atoms with van der Waals surface area (Å²) in [5.74, 6) is 0. The van der Waals surface area contributed by atoms with Gasteiger partial charge in [0.25, 0.3) is 0 Å². The van der Waals surface area contributed by atoms with Gasteiger partial charge in [-0.2, -0.15) is 0 Å². The molecule has 0 aliphatic carbocycles. The zero-order valence-corrected chi connectivity index (χ0v) is 12.8. The minimum atomic E-state index is -0.317. The summed E-state index contributed by atoms with van der Waals surface area (Å²) in [6.45, 7) is 1.93. The van der Waals surface area contributed by atoms with Gasteiger partial charge in [0.05, 0.1) is 0 Å². The average Bonchev–Trinajstić information content (AvgIpc) is 2.42. The fraction of sp³-hybridized carbons (Fsp3) is 0.118. The molecule has 4 heteroatoms. The maximum Gasteiger partial charge on any atom is 0.340 e. The summed E-state index contributed by atoms with van der Waals surface area (Å²) in [5, 5.41) is 2.06. The Kier molecular flexibility index (Phi) is 3.75. The number of aryl methyl sites for hydroxylation is 1. The van der Waals surface area contributed by atoms with E-state index < -0.39 is 0 Å². The van der Waals surface area contributed by atoms with E-state index in [4.69, 9.17) is 27.6 Å². The highest BCUT2D eigenvalue weighted by Gasteiger charge is 2.12. The van der Waals surface area contributed by atoms with Crippen LogP contribution in [0.25, 0.3) is 11.0 Å². The van der Waals surface area contributed by atoms with E-state index >= 15 is 0 Å². The van der Waals surface area contributed by atoms with Crippen molar-refractivity contribution < 1.29 is 4.42 Å². The first kappa shape index (κ1) is 14.2. The summed E-state index contributed by atoms with van der Waals surface area (Å²) >= 11 is 12.0. The molecule has 0 saturated carbocycles. The van der Waals surface area contributed by atoms with Gasteiger partial charge in [0, 0.05) is 27.4 Å². The van der Waals surface area contributed by atoms with Crippen molar-refractivity contribution >= 4 is 34.2 Å². The lowest BCUT2D eigenvalue weighted by Crippen LogP contribution is -2.10. The van der Waals surface area contributed by atoms with Gasteiger partial charge in [-0.1, -0.05) is 41.4 Å². The molecule has 1 aromatic heterocycles. The summed E-state index contributed by atoms with van der Waals surface area (Å²) in [5.41, 5.74) is 2.73. The number of para-hydroxylation sites is 1. The highest BCUT2D eigenvalue weighted by molar-refractivity contribution is 6.34. The van der Waals surface area contributed by atoms with Crippen LogP contribution in [0.3, 0.4) is 0 Å². The molecule has 0 unspecified atom stereocenters. The summed E-state index contributed by atoms with van der Waals surface area (Å²) in [6.07, 6.45) is 0.444. The van der Waals surface area contributed by atoms with Crippen molar-refractivity contribution in [1.29, 1.82) is 0 Å². The Morgan fingerprint density at radius 3 is 2.43 bits per heavy atom. The second-order valence-electron chi connectivity index (χ2n) is 4.94. The van der Waals surface area contributed by atoms with Gasteiger partial charge in [0.2, 0.25) is 0 Å². The number of benzene rings is 2. The average molecular weight is 319 g/mol. The third kappa shape index (κ3) is 2.82. The van der Waals surface area contributed by atoms with Crippen LogP contribution in [0.1, 0.15) is 16.7 Å². The Labute approximate surface area is 131 Å². The van der Waals surface area contributed by atoms with Crippen molar-refractivity contribution in [3.8, 4) is 0 Å². The van der Waals surface area contributed by atoms with Gasteiger partial charge < -0.3 is 4.42 Å². The molecule has 0 amide bonds. The first-order chi connectivity index (χ1) is 10.0. The van der Waals surface area contributed by atoms with Crippen LogP contribution < -0.4 is 5.63 Å². The van der Waals surface area contributed by atoms with E-state index in [1.54, 1.807) is 12.1 Å². The summed E-state index contributed by atoms with van der Waals surface area (Å²) < 4.78 is 5.38. The van der Waals surface area contributed by atoms with Crippen molar-refractivity contribution in [1.82, 2.24) is 0 Å². The third-order valence-electron chi connectivity index (χ3n) is 3.50. The van der Waals surface area contributed by atoms with Crippen LogP contribution in [0.15, 0.2) is 51.7 Å². The minimum Gasteiger partial charge on any atom is -0.423 e. The SMILES string of the molecule is Cc1c(Cc2cc(Cl)cc(Cl)c2)c(=O)oc2ccccc12. The predicted molar refractivity (Wildman–Crippen MR) is 86.5 cm³/mol. The van der Waals surface area contributed by atoms with E-state index in [1.165, 1.54) is 0 Å². The third-order valence-corrected chi connectivity index (χ3v) is 3.93.